The largest absolute Gasteiger partial charge is 0.493 e. The number of nitrogens with zero attached hydrogens (tertiary/aromatic N) is 6. The standard InChI is InChI=1S/C18H9BrF4N6O5/c19-11-6-10(3-4-12(11)20)29-15(26-32-17(29)31)13-14(27-34-25-13)28(33-16(30)18(21,22)23)8-9-2-1-5-24-7-9/h1-7H,8H2. The van der Waals surface area contributed by atoms with Crippen molar-refractivity contribution in [2.24, 2.45) is 0 Å². The van der Waals surface area contributed by atoms with E-state index in [2.05, 4.69) is 50.4 Å². The van der Waals surface area contributed by atoms with Crippen molar-refractivity contribution in [1.82, 2.24) is 25.0 Å². The molecule has 0 saturated heterocycles. The summed E-state index contributed by atoms with van der Waals surface area (Å²) in [5, 5.41) is 11.1. The van der Waals surface area contributed by atoms with Crippen LogP contribution in [0.5, 0.6) is 0 Å². The Labute approximate surface area is 193 Å². The zero-order valence-corrected chi connectivity index (χ0v) is 17.9. The summed E-state index contributed by atoms with van der Waals surface area (Å²) < 4.78 is 62.4. The lowest BCUT2D eigenvalue weighted by atomic mass is 10.2. The molecule has 0 fully saturated rings. The average molecular weight is 545 g/mol. The summed E-state index contributed by atoms with van der Waals surface area (Å²) in [5.41, 5.74) is -0.0221. The number of carbonyl (C=O) groups is 1. The van der Waals surface area contributed by atoms with Crippen molar-refractivity contribution in [1.29, 1.82) is 0 Å². The number of aromatic nitrogens is 5. The van der Waals surface area contributed by atoms with Gasteiger partial charge in [-0.05, 0) is 56.1 Å². The number of hydrogen-bond acceptors (Lipinski definition) is 10. The third-order valence-electron chi connectivity index (χ3n) is 4.16. The van der Waals surface area contributed by atoms with Crippen molar-refractivity contribution in [3.8, 4) is 17.2 Å². The molecule has 0 aliphatic heterocycles. The molecule has 0 N–H and O–H groups in total. The van der Waals surface area contributed by atoms with Crippen molar-refractivity contribution in [3.05, 3.63) is 69.1 Å². The zero-order valence-electron chi connectivity index (χ0n) is 16.4. The van der Waals surface area contributed by atoms with Gasteiger partial charge >= 0.3 is 17.9 Å². The number of alkyl halides is 3. The molecule has 176 valence electrons. The summed E-state index contributed by atoms with van der Waals surface area (Å²) in [6.45, 7) is -0.457. The first-order valence-electron chi connectivity index (χ1n) is 8.98. The highest BCUT2D eigenvalue weighted by atomic mass is 79.9. The van der Waals surface area contributed by atoms with Crippen LogP contribution >= 0.6 is 15.9 Å². The molecule has 0 spiro atoms. The molecule has 11 nitrogen and oxygen atoms in total. The quantitative estimate of drug-likeness (QED) is 0.263. The van der Waals surface area contributed by atoms with E-state index >= 15 is 0 Å². The van der Waals surface area contributed by atoms with Crippen LogP contribution < -0.4 is 10.8 Å². The highest BCUT2D eigenvalue weighted by Crippen LogP contribution is 2.30. The van der Waals surface area contributed by atoms with E-state index in [4.69, 9.17) is 0 Å². The Kier molecular flexibility index (Phi) is 6.14. The van der Waals surface area contributed by atoms with Gasteiger partial charge < -0.3 is 4.84 Å². The number of pyridine rings is 1. The Hall–Kier alpha value is -4.08. The van der Waals surface area contributed by atoms with Gasteiger partial charge in [0.2, 0.25) is 17.3 Å². The van der Waals surface area contributed by atoms with E-state index in [1.54, 1.807) is 0 Å². The first-order valence-corrected chi connectivity index (χ1v) is 9.77. The van der Waals surface area contributed by atoms with Crippen LogP contribution in [0.3, 0.4) is 0 Å². The first-order chi connectivity index (χ1) is 16.1. The summed E-state index contributed by atoms with van der Waals surface area (Å²) >= 11 is 2.98. The van der Waals surface area contributed by atoms with Crippen molar-refractivity contribution < 1.29 is 36.3 Å². The molecule has 34 heavy (non-hydrogen) atoms. The van der Waals surface area contributed by atoms with Crippen LogP contribution in [-0.2, 0) is 16.2 Å². The normalized spacial score (nSPS) is 11.4. The number of benzene rings is 1. The summed E-state index contributed by atoms with van der Waals surface area (Å²) in [4.78, 5) is 32.2. The summed E-state index contributed by atoms with van der Waals surface area (Å²) in [6.07, 6.45) is -2.60. The van der Waals surface area contributed by atoms with Gasteiger partial charge in [0.25, 0.3) is 0 Å². The first kappa shape index (κ1) is 23.1. The highest BCUT2D eigenvalue weighted by Gasteiger charge is 2.43. The van der Waals surface area contributed by atoms with Crippen molar-refractivity contribution in [2.75, 3.05) is 5.06 Å². The predicted molar refractivity (Wildman–Crippen MR) is 106 cm³/mol. The fraction of sp³-hybridized carbons (Fsp3) is 0.111. The molecule has 3 heterocycles. The Balaban J connectivity index is 1.80. The molecule has 0 bridgehead atoms. The van der Waals surface area contributed by atoms with Crippen LogP contribution in [0.25, 0.3) is 17.2 Å². The smallest absolute Gasteiger partial charge is 0.330 e. The van der Waals surface area contributed by atoms with E-state index in [-0.39, 0.29) is 16.0 Å². The molecule has 16 heteroatoms. The third kappa shape index (κ3) is 4.66. The number of hydrogen-bond donors (Lipinski definition) is 0. The van der Waals surface area contributed by atoms with Crippen LogP contribution in [0.4, 0.5) is 23.4 Å². The van der Waals surface area contributed by atoms with Gasteiger partial charge in [-0.15, -0.1) is 0 Å². The Morgan fingerprint density at radius 1 is 1.21 bits per heavy atom. The molecular weight excluding hydrogens is 536 g/mol. The van der Waals surface area contributed by atoms with Crippen LogP contribution in [-0.4, -0.2) is 37.2 Å². The Morgan fingerprint density at radius 2 is 2.00 bits per heavy atom. The summed E-state index contributed by atoms with van der Waals surface area (Å²) in [7, 11) is 0. The minimum Gasteiger partial charge on any atom is -0.330 e. The van der Waals surface area contributed by atoms with Gasteiger partial charge in [-0.3, -0.25) is 9.51 Å². The van der Waals surface area contributed by atoms with Crippen LogP contribution in [0, 0.1) is 5.82 Å². The van der Waals surface area contributed by atoms with E-state index in [9.17, 15) is 27.2 Å². The van der Waals surface area contributed by atoms with Crippen molar-refractivity contribution >= 4 is 27.7 Å². The molecule has 0 atom stereocenters. The van der Waals surface area contributed by atoms with Crippen LogP contribution in [0.1, 0.15) is 5.56 Å². The molecule has 4 aromatic rings. The maximum Gasteiger partial charge on any atom is 0.493 e. The van der Waals surface area contributed by atoms with E-state index in [0.717, 1.165) is 10.6 Å². The number of carbonyl (C=O) groups excluding carboxylic acids is 1. The number of hydroxylamine groups is 1. The van der Waals surface area contributed by atoms with Gasteiger partial charge in [0.1, 0.15) is 5.82 Å². The maximum absolute atomic E-state index is 13.6. The second-order valence-corrected chi connectivity index (χ2v) is 7.27. The maximum atomic E-state index is 13.6. The van der Waals surface area contributed by atoms with Crippen LogP contribution in [0.15, 0.2) is 61.1 Å². The topological polar surface area (TPSA) is 129 Å². The fourth-order valence-electron chi connectivity index (χ4n) is 2.70. The third-order valence-corrected chi connectivity index (χ3v) is 4.77. The average Bonchev–Trinajstić information content (AvgIpc) is 3.42. The van der Waals surface area contributed by atoms with Crippen molar-refractivity contribution in [2.45, 2.75) is 12.7 Å². The van der Waals surface area contributed by atoms with Gasteiger partial charge in [0.15, 0.2) is 0 Å². The molecule has 0 aliphatic carbocycles. The summed E-state index contributed by atoms with van der Waals surface area (Å²) in [6, 6.07) is 6.48. The zero-order chi connectivity index (χ0) is 24.5. The molecule has 0 amide bonds. The van der Waals surface area contributed by atoms with Gasteiger partial charge in [0, 0.05) is 12.4 Å². The molecule has 0 saturated carbocycles. The van der Waals surface area contributed by atoms with Gasteiger partial charge in [-0.1, -0.05) is 11.2 Å². The summed E-state index contributed by atoms with van der Waals surface area (Å²) in [5.74, 6) is -5.12. The number of halogens is 5. The van der Waals surface area contributed by atoms with E-state index < -0.39 is 41.8 Å². The lowest BCUT2D eigenvalue weighted by molar-refractivity contribution is -0.201. The molecule has 0 unspecified atom stereocenters. The van der Waals surface area contributed by atoms with Gasteiger partial charge in [-0.25, -0.2) is 23.2 Å². The Morgan fingerprint density at radius 3 is 2.68 bits per heavy atom. The Bertz CT molecular complexity index is 1390. The van der Waals surface area contributed by atoms with Crippen LogP contribution in [0.2, 0.25) is 0 Å². The van der Waals surface area contributed by atoms with E-state index in [1.165, 1.54) is 36.7 Å². The monoisotopic (exact) mass is 544 g/mol. The predicted octanol–water partition coefficient (Wildman–Crippen LogP) is 3.20. The van der Waals surface area contributed by atoms with E-state index in [0.29, 0.717) is 10.6 Å². The fourth-order valence-corrected chi connectivity index (χ4v) is 3.07. The molecule has 0 radical (unpaired) electrons. The van der Waals surface area contributed by atoms with Gasteiger partial charge in [-0.2, -0.15) is 18.2 Å². The molecule has 0 aliphatic rings. The molecule has 3 aromatic heterocycles. The van der Waals surface area contributed by atoms with Crippen molar-refractivity contribution in [3.63, 3.8) is 0 Å². The minimum absolute atomic E-state index is 0.000127. The highest BCUT2D eigenvalue weighted by molar-refractivity contribution is 9.10. The molecule has 1 aromatic carbocycles. The second kappa shape index (κ2) is 9.05. The lowest BCUT2D eigenvalue weighted by Crippen LogP contribution is -2.35. The van der Waals surface area contributed by atoms with E-state index in [1.807, 2.05) is 0 Å². The number of rotatable bonds is 6. The van der Waals surface area contributed by atoms with Gasteiger partial charge in [0.05, 0.1) is 16.7 Å². The lowest BCUT2D eigenvalue weighted by Gasteiger charge is -2.21. The molecular formula is C18H9BrF4N6O5. The molecule has 4 rings (SSSR count). The number of anilines is 1. The second-order valence-electron chi connectivity index (χ2n) is 6.42. The SMILES string of the molecule is O=C(ON(Cc1cccnc1)c1nonc1-c1noc(=O)n1-c1ccc(F)c(Br)c1)C(F)(F)F. The minimum atomic E-state index is -5.33.